The van der Waals surface area contributed by atoms with E-state index < -0.39 is 5.24 Å². The van der Waals surface area contributed by atoms with Crippen molar-refractivity contribution in [1.82, 2.24) is 0 Å². The molecule has 1 aromatic rings. The second-order valence-corrected chi connectivity index (χ2v) is 2.81. The third-order valence-electron chi connectivity index (χ3n) is 0.979. The second kappa shape index (κ2) is 2.82. The van der Waals surface area contributed by atoms with Crippen molar-refractivity contribution < 1.29 is 4.79 Å². The van der Waals surface area contributed by atoms with Gasteiger partial charge in [0.25, 0.3) is 5.24 Å². The summed E-state index contributed by atoms with van der Waals surface area (Å²) in [6.45, 7) is 0. The highest BCUT2D eigenvalue weighted by Gasteiger charge is 2.08. The SMILES string of the molecule is N#Cc1sccc1C(=O)Cl. The molecule has 0 saturated heterocycles. The molecule has 1 aromatic heterocycles. The summed E-state index contributed by atoms with van der Waals surface area (Å²) in [6.07, 6.45) is 0. The quantitative estimate of drug-likeness (QED) is 0.607. The predicted octanol–water partition coefficient (Wildman–Crippen LogP) is 2.00. The lowest BCUT2D eigenvalue weighted by Crippen LogP contribution is -1.86. The molecule has 0 unspecified atom stereocenters. The fourth-order valence-corrected chi connectivity index (χ4v) is 1.44. The molecule has 0 saturated carbocycles. The lowest BCUT2D eigenvalue weighted by atomic mass is 10.3. The summed E-state index contributed by atoms with van der Waals surface area (Å²) in [5, 5.41) is 9.50. The van der Waals surface area contributed by atoms with Crippen molar-refractivity contribution in [3.8, 4) is 6.07 Å². The van der Waals surface area contributed by atoms with Gasteiger partial charge < -0.3 is 0 Å². The summed E-state index contributed by atoms with van der Waals surface area (Å²) in [6, 6.07) is 3.41. The highest BCUT2D eigenvalue weighted by Crippen LogP contribution is 2.16. The van der Waals surface area contributed by atoms with Crippen molar-refractivity contribution >= 4 is 28.2 Å². The van der Waals surface area contributed by atoms with E-state index in [0.717, 1.165) is 0 Å². The molecule has 0 aliphatic carbocycles. The molecule has 0 aliphatic rings. The van der Waals surface area contributed by atoms with Gasteiger partial charge in [-0.15, -0.1) is 11.3 Å². The van der Waals surface area contributed by atoms with E-state index in [1.165, 1.54) is 11.3 Å². The van der Waals surface area contributed by atoms with Crippen molar-refractivity contribution in [3.05, 3.63) is 21.9 Å². The Bertz CT molecular complexity index is 299. The lowest BCUT2D eigenvalue weighted by molar-refractivity contribution is 0.108. The van der Waals surface area contributed by atoms with Gasteiger partial charge in [-0.25, -0.2) is 0 Å². The molecule has 0 spiro atoms. The predicted molar refractivity (Wildman–Crippen MR) is 39.2 cm³/mol. The molecule has 0 fully saturated rings. The number of nitriles is 1. The molecule has 0 bridgehead atoms. The first-order valence-electron chi connectivity index (χ1n) is 2.43. The number of carbonyl (C=O) groups is 1. The van der Waals surface area contributed by atoms with Crippen LogP contribution in [0.25, 0.3) is 0 Å². The minimum atomic E-state index is -0.571. The van der Waals surface area contributed by atoms with Crippen LogP contribution in [0.2, 0.25) is 0 Å². The number of thiophene rings is 1. The summed E-state index contributed by atoms with van der Waals surface area (Å²) in [5.74, 6) is 0. The van der Waals surface area contributed by atoms with Gasteiger partial charge in [-0.05, 0) is 23.0 Å². The first-order valence-corrected chi connectivity index (χ1v) is 3.69. The summed E-state index contributed by atoms with van der Waals surface area (Å²) in [4.78, 5) is 10.9. The molecule has 0 radical (unpaired) electrons. The van der Waals surface area contributed by atoms with Crippen LogP contribution < -0.4 is 0 Å². The summed E-state index contributed by atoms with van der Waals surface area (Å²) < 4.78 is 0. The standard InChI is InChI=1S/C6H2ClNOS/c7-6(9)4-1-2-10-5(4)3-8/h1-2H. The topological polar surface area (TPSA) is 40.9 Å². The monoisotopic (exact) mass is 171 g/mol. The molecule has 0 amide bonds. The Balaban J connectivity index is 3.17. The van der Waals surface area contributed by atoms with Crippen LogP contribution in [0.1, 0.15) is 15.2 Å². The second-order valence-electron chi connectivity index (χ2n) is 1.55. The summed E-state index contributed by atoms with van der Waals surface area (Å²) >= 11 is 6.36. The number of rotatable bonds is 1. The van der Waals surface area contributed by atoms with Gasteiger partial charge >= 0.3 is 0 Å². The van der Waals surface area contributed by atoms with E-state index in [4.69, 9.17) is 16.9 Å². The minimum Gasteiger partial charge on any atom is -0.276 e. The summed E-state index contributed by atoms with van der Waals surface area (Å²) in [7, 11) is 0. The van der Waals surface area contributed by atoms with Gasteiger partial charge in [-0.2, -0.15) is 5.26 Å². The molecule has 1 rings (SSSR count). The number of hydrogen-bond donors (Lipinski definition) is 0. The molecule has 4 heteroatoms. The van der Waals surface area contributed by atoms with Crippen LogP contribution in [0.5, 0.6) is 0 Å². The highest BCUT2D eigenvalue weighted by atomic mass is 35.5. The maximum Gasteiger partial charge on any atom is 0.254 e. The zero-order valence-corrected chi connectivity index (χ0v) is 6.37. The van der Waals surface area contributed by atoms with Crippen LogP contribution in [-0.2, 0) is 0 Å². The van der Waals surface area contributed by atoms with Crippen LogP contribution in [0.4, 0.5) is 0 Å². The van der Waals surface area contributed by atoms with Crippen LogP contribution in [-0.4, -0.2) is 5.24 Å². The van der Waals surface area contributed by atoms with Crippen molar-refractivity contribution in [2.75, 3.05) is 0 Å². The lowest BCUT2D eigenvalue weighted by Gasteiger charge is -1.83. The Kier molecular flexibility index (Phi) is 2.05. The van der Waals surface area contributed by atoms with E-state index in [9.17, 15) is 4.79 Å². The average molecular weight is 172 g/mol. The maximum atomic E-state index is 10.5. The third kappa shape index (κ3) is 1.18. The normalized spacial score (nSPS) is 8.80. The largest absolute Gasteiger partial charge is 0.276 e. The molecule has 0 aliphatic heterocycles. The molecule has 10 heavy (non-hydrogen) atoms. The van der Waals surface area contributed by atoms with Gasteiger partial charge in [0.05, 0.1) is 5.56 Å². The Hall–Kier alpha value is -0.850. The van der Waals surface area contributed by atoms with Gasteiger partial charge in [0.1, 0.15) is 10.9 Å². The Morgan fingerprint density at radius 2 is 2.50 bits per heavy atom. The Morgan fingerprint density at radius 1 is 1.80 bits per heavy atom. The Labute approximate surface area is 66.7 Å². The molecule has 0 aromatic carbocycles. The maximum absolute atomic E-state index is 10.5. The number of carbonyl (C=O) groups excluding carboxylic acids is 1. The fraction of sp³-hybridized carbons (Fsp3) is 0. The number of halogens is 1. The van der Waals surface area contributed by atoms with Crippen molar-refractivity contribution in [3.63, 3.8) is 0 Å². The Morgan fingerprint density at radius 3 is 2.90 bits per heavy atom. The first kappa shape index (κ1) is 7.26. The van der Waals surface area contributed by atoms with Gasteiger partial charge in [-0.1, -0.05) is 0 Å². The van der Waals surface area contributed by atoms with Gasteiger partial charge in [0, 0.05) is 0 Å². The van der Waals surface area contributed by atoms with Gasteiger partial charge in [0.2, 0.25) is 0 Å². The molecular formula is C6H2ClNOS. The number of hydrogen-bond acceptors (Lipinski definition) is 3. The molecule has 0 N–H and O–H groups in total. The van der Waals surface area contributed by atoms with Crippen molar-refractivity contribution in [1.29, 1.82) is 5.26 Å². The molecule has 0 atom stereocenters. The van der Waals surface area contributed by atoms with Crippen LogP contribution >= 0.6 is 22.9 Å². The van der Waals surface area contributed by atoms with Crippen LogP contribution in [0.3, 0.4) is 0 Å². The summed E-state index contributed by atoms with van der Waals surface area (Å²) in [5.41, 5.74) is 0.300. The van der Waals surface area contributed by atoms with Crippen molar-refractivity contribution in [2.45, 2.75) is 0 Å². The van der Waals surface area contributed by atoms with E-state index in [1.54, 1.807) is 11.4 Å². The van der Waals surface area contributed by atoms with Crippen LogP contribution in [0.15, 0.2) is 11.4 Å². The van der Waals surface area contributed by atoms with Crippen molar-refractivity contribution in [2.24, 2.45) is 0 Å². The van der Waals surface area contributed by atoms with E-state index in [1.807, 2.05) is 6.07 Å². The van der Waals surface area contributed by atoms with E-state index in [2.05, 4.69) is 0 Å². The zero-order chi connectivity index (χ0) is 7.56. The van der Waals surface area contributed by atoms with Gasteiger partial charge in [-0.3, -0.25) is 4.79 Å². The highest BCUT2D eigenvalue weighted by molar-refractivity contribution is 7.11. The number of nitrogens with zero attached hydrogens (tertiary/aromatic N) is 1. The average Bonchev–Trinajstić information content (AvgIpc) is 2.33. The van der Waals surface area contributed by atoms with E-state index in [-0.39, 0.29) is 0 Å². The van der Waals surface area contributed by atoms with Crippen LogP contribution in [0, 0.1) is 11.3 Å². The third-order valence-corrected chi connectivity index (χ3v) is 2.00. The minimum absolute atomic E-state index is 0.300. The molecule has 50 valence electrons. The van der Waals surface area contributed by atoms with E-state index >= 15 is 0 Å². The van der Waals surface area contributed by atoms with E-state index in [0.29, 0.717) is 10.4 Å². The molecule has 1 heterocycles. The van der Waals surface area contributed by atoms with Gasteiger partial charge in [0.15, 0.2) is 0 Å². The smallest absolute Gasteiger partial charge is 0.254 e. The molecule has 2 nitrogen and oxygen atoms in total. The fourth-order valence-electron chi connectivity index (χ4n) is 0.551. The zero-order valence-electron chi connectivity index (χ0n) is 4.80. The first-order chi connectivity index (χ1) is 4.75. The molecular weight excluding hydrogens is 170 g/mol.